The predicted octanol–water partition coefficient (Wildman–Crippen LogP) is 2.28. The Balaban J connectivity index is 2.61. The molecule has 0 atom stereocenters. The van der Waals surface area contributed by atoms with Gasteiger partial charge >= 0.3 is 5.97 Å². The number of aromatic carboxylic acids is 1. The Morgan fingerprint density at radius 3 is 2.65 bits per heavy atom. The molecule has 0 saturated carbocycles. The number of hydrogen-bond acceptors (Lipinski definition) is 4. The van der Waals surface area contributed by atoms with E-state index in [4.69, 9.17) is 28.2 Å². The van der Waals surface area contributed by atoms with Crippen LogP contribution >= 0.6 is 11.6 Å². The lowest BCUT2D eigenvalue weighted by Gasteiger charge is -2.08. The molecule has 0 unspecified atom stereocenters. The lowest BCUT2D eigenvalue weighted by atomic mass is 10.1. The number of carbonyl (C=O) groups is 1. The van der Waals surface area contributed by atoms with E-state index in [1.807, 2.05) is 0 Å². The van der Waals surface area contributed by atoms with Gasteiger partial charge in [0.1, 0.15) is 5.82 Å². The minimum absolute atomic E-state index is 0.0244. The Morgan fingerprint density at radius 2 is 2.10 bits per heavy atom. The fourth-order valence-electron chi connectivity index (χ4n) is 1.72. The smallest absolute Gasteiger partial charge is 0.356 e. The maximum Gasteiger partial charge on any atom is 0.356 e. The van der Waals surface area contributed by atoms with E-state index in [1.54, 1.807) is 6.07 Å². The van der Waals surface area contributed by atoms with Crippen molar-refractivity contribution in [3.63, 3.8) is 0 Å². The Hall–Kier alpha value is -2.18. The first-order valence-corrected chi connectivity index (χ1v) is 6.00. The van der Waals surface area contributed by atoms with Crippen molar-refractivity contribution in [1.29, 1.82) is 0 Å². The summed E-state index contributed by atoms with van der Waals surface area (Å²) in [6.45, 7) is 0.202. The molecule has 7 heteroatoms. The monoisotopic (exact) mass is 295 g/mol. The second-order valence-corrected chi connectivity index (χ2v) is 4.46. The predicted molar refractivity (Wildman–Crippen MR) is 73.9 cm³/mol. The second-order valence-electron chi connectivity index (χ2n) is 4.08. The van der Waals surface area contributed by atoms with E-state index in [9.17, 15) is 9.18 Å². The fraction of sp³-hybridized carbons (Fsp3) is 0.0769. The van der Waals surface area contributed by atoms with Gasteiger partial charge in [-0.05, 0) is 23.8 Å². The highest BCUT2D eigenvalue weighted by Gasteiger charge is 2.17. The van der Waals surface area contributed by atoms with Crippen molar-refractivity contribution in [3.05, 3.63) is 46.4 Å². The zero-order valence-electron chi connectivity index (χ0n) is 10.2. The topological polar surface area (TPSA) is 102 Å². The van der Waals surface area contributed by atoms with Gasteiger partial charge in [-0.25, -0.2) is 14.2 Å². The number of nitrogens with zero attached hydrogens (tertiary/aromatic N) is 1. The van der Waals surface area contributed by atoms with Gasteiger partial charge in [-0.15, -0.1) is 0 Å². The first-order chi connectivity index (χ1) is 9.43. The van der Waals surface area contributed by atoms with Crippen LogP contribution in [-0.4, -0.2) is 16.1 Å². The van der Waals surface area contributed by atoms with Gasteiger partial charge in [-0.3, -0.25) is 0 Å². The first kappa shape index (κ1) is 14.2. The molecule has 0 aliphatic rings. The van der Waals surface area contributed by atoms with Crippen LogP contribution in [0.15, 0.2) is 24.3 Å². The molecule has 2 aromatic rings. The van der Waals surface area contributed by atoms with Crippen molar-refractivity contribution < 1.29 is 14.3 Å². The van der Waals surface area contributed by atoms with Crippen LogP contribution in [0.1, 0.15) is 16.1 Å². The van der Waals surface area contributed by atoms with Crippen LogP contribution in [0, 0.1) is 5.82 Å². The molecule has 0 saturated heterocycles. The van der Waals surface area contributed by atoms with Crippen LogP contribution < -0.4 is 11.5 Å². The van der Waals surface area contributed by atoms with Crippen molar-refractivity contribution in [3.8, 4) is 11.3 Å². The maximum atomic E-state index is 14.0. The third kappa shape index (κ3) is 2.56. The quantitative estimate of drug-likeness (QED) is 0.806. The van der Waals surface area contributed by atoms with E-state index in [2.05, 4.69) is 4.98 Å². The van der Waals surface area contributed by atoms with Gasteiger partial charge in [0.2, 0.25) is 0 Å². The van der Waals surface area contributed by atoms with E-state index in [0.29, 0.717) is 5.56 Å². The number of carboxylic acids is 1. The van der Waals surface area contributed by atoms with E-state index in [-0.39, 0.29) is 28.5 Å². The van der Waals surface area contributed by atoms with E-state index < -0.39 is 17.5 Å². The standard InChI is InChI=1S/C13H11ClFN3O2/c14-11-9(17)4-10(18-12(11)13(19)20)7-2-1-6(5-16)3-8(7)15/h1-4H,5,16H2,(H2,17,18)(H,19,20). The van der Waals surface area contributed by atoms with Crippen molar-refractivity contribution in [1.82, 2.24) is 4.98 Å². The normalized spacial score (nSPS) is 10.6. The molecule has 1 aromatic carbocycles. The number of anilines is 1. The van der Waals surface area contributed by atoms with Gasteiger partial charge in [0.15, 0.2) is 5.69 Å². The molecule has 1 heterocycles. The molecule has 20 heavy (non-hydrogen) atoms. The molecular weight excluding hydrogens is 285 g/mol. The summed E-state index contributed by atoms with van der Waals surface area (Å²) in [5.74, 6) is -1.89. The summed E-state index contributed by atoms with van der Waals surface area (Å²) in [5, 5.41) is 8.83. The zero-order chi connectivity index (χ0) is 14.9. The van der Waals surface area contributed by atoms with Gasteiger partial charge < -0.3 is 16.6 Å². The number of rotatable bonds is 3. The van der Waals surface area contributed by atoms with Crippen molar-refractivity contribution in [2.45, 2.75) is 6.54 Å². The molecule has 0 amide bonds. The van der Waals surface area contributed by atoms with Crippen LogP contribution in [0.4, 0.5) is 10.1 Å². The first-order valence-electron chi connectivity index (χ1n) is 5.62. The molecule has 5 N–H and O–H groups in total. The van der Waals surface area contributed by atoms with Gasteiger partial charge in [0.05, 0.1) is 16.4 Å². The number of pyridine rings is 1. The third-order valence-electron chi connectivity index (χ3n) is 2.73. The lowest BCUT2D eigenvalue weighted by Crippen LogP contribution is -2.06. The highest BCUT2D eigenvalue weighted by atomic mass is 35.5. The lowest BCUT2D eigenvalue weighted by molar-refractivity contribution is 0.0691. The highest BCUT2D eigenvalue weighted by Crippen LogP contribution is 2.29. The van der Waals surface area contributed by atoms with Crippen molar-refractivity contribution >= 4 is 23.3 Å². The number of aromatic nitrogens is 1. The number of benzene rings is 1. The molecule has 0 aliphatic carbocycles. The van der Waals surface area contributed by atoms with Crippen molar-refractivity contribution in [2.75, 3.05) is 5.73 Å². The fourth-order valence-corrected chi connectivity index (χ4v) is 1.90. The molecule has 0 spiro atoms. The number of nitrogen functional groups attached to an aromatic ring is 1. The molecule has 104 valence electrons. The van der Waals surface area contributed by atoms with E-state index in [0.717, 1.165) is 0 Å². The molecule has 1 aromatic heterocycles. The molecule has 5 nitrogen and oxygen atoms in total. The molecular formula is C13H11ClFN3O2. The van der Waals surface area contributed by atoms with Crippen LogP contribution in [0.5, 0.6) is 0 Å². The zero-order valence-corrected chi connectivity index (χ0v) is 11.0. The average Bonchev–Trinajstić information content (AvgIpc) is 2.41. The summed E-state index contributed by atoms with van der Waals surface area (Å²) in [6.07, 6.45) is 0. The Labute approximate surface area is 119 Å². The van der Waals surface area contributed by atoms with Gasteiger partial charge in [0.25, 0.3) is 0 Å². The van der Waals surface area contributed by atoms with Crippen LogP contribution in [0.3, 0.4) is 0 Å². The third-order valence-corrected chi connectivity index (χ3v) is 3.13. The molecule has 2 rings (SSSR count). The largest absolute Gasteiger partial charge is 0.476 e. The SMILES string of the molecule is NCc1ccc(-c2cc(N)c(Cl)c(C(=O)O)n2)c(F)c1. The van der Waals surface area contributed by atoms with Gasteiger partial charge in [-0.2, -0.15) is 0 Å². The van der Waals surface area contributed by atoms with E-state index >= 15 is 0 Å². The number of halogens is 2. The highest BCUT2D eigenvalue weighted by molar-refractivity contribution is 6.35. The summed E-state index contributed by atoms with van der Waals surface area (Å²) in [7, 11) is 0. The van der Waals surface area contributed by atoms with E-state index in [1.165, 1.54) is 18.2 Å². The number of carboxylic acid groups (broad SMARTS) is 1. The molecule has 0 bridgehead atoms. The summed E-state index contributed by atoms with van der Waals surface area (Å²) >= 11 is 5.76. The summed E-state index contributed by atoms with van der Waals surface area (Å²) in [5.41, 5.74) is 11.5. The Morgan fingerprint density at radius 1 is 1.40 bits per heavy atom. The summed E-state index contributed by atoms with van der Waals surface area (Å²) in [6, 6.07) is 5.70. The Bertz CT molecular complexity index is 692. The van der Waals surface area contributed by atoms with Crippen LogP contribution in [0.25, 0.3) is 11.3 Å². The average molecular weight is 296 g/mol. The van der Waals surface area contributed by atoms with Crippen LogP contribution in [0.2, 0.25) is 5.02 Å². The summed E-state index contributed by atoms with van der Waals surface area (Å²) < 4.78 is 14.0. The molecule has 0 radical (unpaired) electrons. The Kier molecular flexibility index (Phi) is 3.87. The van der Waals surface area contributed by atoms with Gasteiger partial charge in [-0.1, -0.05) is 17.7 Å². The minimum atomic E-state index is -1.33. The minimum Gasteiger partial charge on any atom is -0.476 e. The molecule has 0 aliphatic heterocycles. The maximum absolute atomic E-state index is 14.0. The summed E-state index contributed by atoms with van der Waals surface area (Å²) in [4.78, 5) is 14.9. The molecule has 0 fully saturated rings. The van der Waals surface area contributed by atoms with Gasteiger partial charge in [0, 0.05) is 12.1 Å². The number of hydrogen-bond donors (Lipinski definition) is 3. The second kappa shape index (κ2) is 5.44. The van der Waals surface area contributed by atoms with Crippen molar-refractivity contribution in [2.24, 2.45) is 5.73 Å². The van der Waals surface area contributed by atoms with Crippen LogP contribution in [-0.2, 0) is 6.54 Å². The number of nitrogens with two attached hydrogens (primary N) is 2.